The number of aliphatic hydroxyl groups excluding tert-OH is 4. The van der Waals surface area contributed by atoms with Gasteiger partial charge in [-0.25, -0.2) is 9.78 Å². The highest BCUT2D eigenvalue weighted by Crippen LogP contribution is 2.15. The van der Waals surface area contributed by atoms with E-state index in [4.69, 9.17) is 17.2 Å². The highest BCUT2D eigenvalue weighted by molar-refractivity contribution is 6.02. The van der Waals surface area contributed by atoms with Crippen molar-refractivity contribution in [1.29, 1.82) is 0 Å². The number of unbranched alkanes of at least 4 members (excludes halogenated alkanes) is 1. The molecule has 1 aromatic carbocycles. The molecule has 60 heteroatoms. The number of H-pyrrole nitrogens is 1. The van der Waals surface area contributed by atoms with Crippen molar-refractivity contribution in [3.05, 3.63) is 54.1 Å². The maximum absolute atomic E-state index is 14.4. The molecule has 0 saturated heterocycles. The lowest BCUT2D eigenvalue weighted by atomic mass is 10.0. The van der Waals surface area contributed by atoms with E-state index in [0.717, 1.165) is 20.2 Å². The van der Waals surface area contributed by atoms with Gasteiger partial charge >= 0.3 is 47.8 Å². The highest BCUT2D eigenvalue weighted by atomic mass is 16.4. The van der Waals surface area contributed by atoms with Crippen molar-refractivity contribution in [2.24, 2.45) is 23.1 Å². The van der Waals surface area contributed by atoms with E-state index in [-0.39, 0.29) is 31.5 Å². The summed E-state index contributed by atoms with van der Waals surface area (Å²) >= 11 is 0. The van der Waals surface area contributed by atoms with Gasteiger partial charge in [-0.2, -0.15) is 0 Å². The van der Waals surface area contributed by atoms with Crippen LogP contribution in [0.1, 0.15) is 155 Å². The van der Waals surface area contributed by atoms with Crippen LogP contribution >= 0.6 is 0 Å². The summed E-state index contributed by atoms with van der Waals surface area (Å²) in [5, 5.41) is 156. The Balaban J connectivity index is 2.44. The second kappa shape index (κ2) is 63.9. The van der Waals surface area contributed by atoms with Crippen LogP contribution in [-0.2, 0) is 137 Å². The first-order valence-corrected chi connectivity index (χ1v) is 44.3. The van der Waals surface area contributed by atoms with Crippen LogP contribution in [0.25, 0.3) is 0 Å². The molecule has 1 aromatic heterocycles. The second-order valence-corrected chi connectivity index (χ2v) is 32.8. The van der Waals surface area contributed by atoms with Crippen molar-refractivity contribution in [2.75, 3.05) is 32.8 Å². The molecule has 0 radical (unpaired) electrons. The van der Waals surface area contributed by atoms with Gasteiger partial charge in [-0.05, 0) is 96.1 Å². The van der Waals surface area contributed by atoms with E-state index in [0.29, 0.717) is 12.0 Å². The lowest BCUT2D eigenvalue weighted by molar-refractivity contribution is -0.143. The number of carbonyl (C=O) groups is 26. The van der Waals surface area contributed by atoms with Crippen LogP contribution in [0.4, 0.5) is 0 Å². The topological polar surface area (TPSA) is 998 Å². The first kappa shape index (κ1) is 123. The molecule has 2 rings (SSSR count). The normalized spacial score (nSPS) is 14.8. The molecule has 0 unspecified atom stereocenters. The maximum Gasteiger partial charge on any atom is 0.326 e. The maximum atomic E-state index is 14.4. The highest BCUT2D eigenvalue weighted by Gasteiger charge is 2.41. The summed E-state index contributed by atoms with van der Waals surface area (Å²) in [5.41, 5.74) is 16.5. The summed E-state index contributed by atoms with van der Waals surface area (Å²) in [6.45, 7) is 0.593. The summed E-state index contributed by atoms with van der Waals surface area (Å²) < 4.78 is 0. The number of aliphatic carboxylic acids is 8. The number of carboxylic acids is 8. The van der Waals surface area contributed by atoms with Crippen molar-refractivity contribution >= 4 is 154 Å². The zero-order chi connectivity index (χ0) is 108. The zero-order valence-corrected chi connectivity index (χ0v) is 77.8. The Bertz CT molecular complexity index is 4770. The fourth-order valence-electron chi connectivity index (χ4n) is 13.0. The summed E-state index contributed by atoms with van der Waals surface area (Å²) in [7, 11) is 0. The molecule has 0 aliphatic heterocycles. The monoisotopic (exact) mass is 2040 g/mol. The first-order valence-electron chi connectivity index (χ1n) is 44.3. The Hall–Kier alpha value is -15.6. The molecule has 0 saturated carbocycles. The van der Waals surface area contributed by atoms with E-state index >= 15 is 0 Å². The molecule has 0 aliphatic carbocycles. The predicted molar refractivity (Wildman–Crippen MR) is 480 cm³/mol. The first-order chi connectivity index (χ1) is 67.1. The summed E-state index contributed by atoms with van der Waals surface area (Å²) in [5.74, 6) is -37.1. The minimum Gasteiger partial charge on any atom is -0.481 e. The summed E-state index contributed by atoms with van der Waals surface area (Å²) in [6.07, 6.45) is -14.8. The minimum absolute atomic E-state index is 0.0106. The molecule has 2 aromatic rings. The summed E-state index contributed by atoms with van der Waals surface area (Å²) in [4.78, 5) is 348. The molecule has 0 bridgehead atoms. The number of nitrogens with two attached hydrogens (primary N) is 3. The molecule has 794 valence electrons. The molecule has 0 spiro atoms. The molecular weight excluding hydrogens is 1910 g/mol. The molecule has 36 N–H and O–H groups in total. The lowest BCUT2D eigenvalue weighted by Gasteiger charge is -2.28. The van der Waals surface area contributed by atoms with Crippen LogP contribution in [-0.4, -0.2) is 367 Å². The number of aromatic amines is 1. The van der Waals surface area contributed by atoms with E-state index in [1.165, 1.54) is 30.5 Å². The van der Waals surface area contributed by atoms with Gasteiger partial charge in [0, 0.05) is 57.6 Å². The van der Waals surface area contributed by atoms with Crippen molar-refractivity contribution in [2.45, 2.75) is 265 Å². The van der Waals surface area contributed by atoms with Gasteiger partial charge in [-0.1, -0.05) is 44.2 Å². The number of rotatable bonds is 71. The number of amides is 18. The van der Waals surface area contributed by atoms with Crippen LogP contribution in [0, 0.1) is 5.92 Å². The van der Waals surface area contributed by atoms with Gasteiger partial charge in [0.15, 0.2) is 0 Å². The smallest absolute Gasteiger partial charge is 0.326 e. The Kier molecular flexibility index (Phi) is 55.2. The van der Waals surface area contributed by atoms with Gasteiger partial charge in [0.05, 0.1) is 69.4 Å². The van der Waals surface area contributed by atoms with E-state index in [2.05, 4.69) is 89.7 Å². The Labute approximate surface area is 812 Å². The third-order valence-electron chi connectivity index (χ3n) is 20.5. The number of nitrogens with one attached hydrogen (secondary N) is 18. The fourth-order valence-corrected chi connectivity index (χ4v) is 13.0. The Morgan fingerprint density at radius 2 is 0.664 bits per heavy atom. The number of benzene rings is 1. The van der Waals surface area contributed by atoms with Crippen molar-refractivity contribution < 1.29 is 186 Å². The second-order valence-electron chi connectivity index (χ2n) is 32.8. The number of hydrogen-bond donors (Lipinski definition) is 33. The summed E-state index contributed by atoms with van der Waals surface area (Å²) in [6, 6.07) is -23.5. The third-order valence-corrected chi connectivity index (χ3v) is 20.5. The number of nitrogens with zero attached hydrogens (tertiary/aromatic N) is 1. The van der Waals surface area contributed by atoms with Crippen molar-refractivity contribution in [3.63, 3.8) is 0 Å². The van der Waals surface area contributed by atoms with E-state index in [1.807, 2.05) is 10.6 Å². The Morgan fingerprint density at radius 3 is 1.03 bits per heavy atom. The fraction of sp³-hybridized carbons (Fsp3) is 0.578. The zero-order valence-electron chi connectivity index (χ0n) is 77.8. The molecule has 1 heterocycles. The SMILES string of the molecule is CC(C)C[C@H](NC(=O)[C@H](CC(=O)O)NC(=O)[C@H](CO)NC(=O)[C@@H](NC(=O)[C@H](Cc1ccccc1)NC(=O)[C@@H](NC(=O)CNC(=O)[C@H](CCC(=O)O)NC(=O)CNC(=O)[C@H](Cc1c[nH]cn1)NC(=O)[C@H](CCC(=O)O)NC(=O)[C@H](CCC(=O)O)NC(=O)[C@H](CCC(=O)O)NC(=O)[C@H](CCC(=O)O)NC(=O)[C@H](CCC(=O)O)NC(=O)[C@@H](N)CC(N)=O)[C@@H](C)O)[C@@H](C)O)C(=O)N[C@@H](CO)C(=O)N[C@@H](CCCCN)C(=O)O. The van der Waals surface area contributed by atoms with Crippen molar-refractivity contribution in [1.82, 2.24) is 100 Å². The number of imidazole rings is 1. The molecule has 60 nitrogen and oxygen atoms in total. The van der Waals surface area contributed by atoms with E-state index in [1.54, 1.807) is 19.9 Å². The number of carbonyl (C=O) groups excluding carboxylic acids is 18. The molecule has 143 heavy (non-hydrogen) atoms. The number of hydrogen-bond acceptors (Lipinski definition) is 33. The van der Waals surface area contributed by atoms with Crippen molar-refractivity contribution in [3.8, 4) is 0 Å². The van der Waals surface area contributed by atoms with Crippen LogP contribution in [0.2, 0.25) is 0 Å². The van der Waals surface area contributed by atoms with Crippen LogP contribution in [0.3, 0.4) is 0 Å². The third kappa shape index (κ3) is 48.7. The average molecular weight is 2040 g/mol. The molecule has 18 amide bonds. The minimum atomic E-state index is -2.15. The van der Waals surface area contributed by atoms with Gasteiger partial charge in [0.1, 0.15) is 90.6 Å². The standard InChI is InChI=1S/C83H124N22O38/c1-37(2)26-50(76(135)102-54(34-106)79(138)97-49(83(142)143)12-8-9-25-84)98-77(136)53(30-65(125)126)100-80(139)55(35-107)103-82(141)67(39(4)109)105-78(137)51(27-40-10-6-5-7-11-40)101-81(140)66(38(3)108)104-58(112)33-88-69(128)43(13-19-59(113)114)91-57(111)32-89-70(129)52(28-41-31-87-36-90-41)99-75(134)48(18-24-64(123)124)96-74(133)47(17-23-63(121)122)95-73(132)46(16-22-62(119)120)94-72(131)45(15-21-61(117)118)93-71(130)44(14-20-60(115)116)92-68(127)42(85)29-56(86)110/h5-7,10-11,31,36-39,42-55,66-67,106-109H,8-9,12-30,32-35,84-85H2,1-4H3,(H2,86,110)(H,87,90)(H,88,128)(H,89,129)(H,91,111)(H,92,127)(H,93,130)(H,94,131)(H,95,132)(H,96,133)(H,97,138)(H,98,136)(H,99,134)(H,100,139)(H,101,140)(H,102,135)(H,103,141)(H,104,112)(H,105,137)(H,113,114)(H,115,116)(H,117,118)(H,119,120)(H,121,122)(H,123,124)(H,125,126)(H,142,143)/t38-,39-,42+,43+,44+,45+,46+,47+,48+,49+,50+,51+,52+,53+,54+,55+,66+,67+/m1/s1. The Morgan fingerprint density at radius 1 is 0.343 bits per heavy atom. The van der Waals surface area contributed by atoms with Crippen LogP contribution < -0.4 is 108 Å². The largest absolute Gasteiger partial charge is 0.481 e. The van der Waals surface area contributed by atoms with E-state index in [9.17, 15) is 186 Å². The lowest BCUT2D eigenvalue weighted by Crippen LogP contribution is -2.63. The predicted octanol–water partition coefficient (Wildman–Crippen LogP) is -13.4. The number of aromatic nitrogens is 2. The molecule has 0 aliphatic rings. The number of primary amides is 1. The van der Waals surface area contributed by atoms with Gasteiger partial charge in [0.2, 0.25) is 106 Å². The van der Waals surface area contributed by atoms with E-state index < -0.39 is 398 Å². The van der Waals surface area contributed by atoms with Gasteiger partial charge in [-0.3, -0.25) is 120 Å². The average Bonchev–Trinajstić information content (AvgIpc) is 0.980. The quantitative estimate of drug-likeness (QED) is 0.0274. The number of carboxylic acid groups (broad SMARTS) is 8. The molecular formula is C83H124N22O38. The molecule has 0 fully saturated rings. The molecule has 18 atom stereocenters. The van der Waals surface area contributed by atoms with Crippen LogP contribution in [0.5, 0.6) is 0 Å². The van der Waals surface area contributed by atoms with Gasteiger partial charge in [0.25, 0.3) is 0 Å². The number of aliphatic hydroxyl groups is 4. The van der Waals surface area contributed by atoms with Crippen LogP contribution in [0.15, 0.2) is 42.9 Å². The van der Waals surface area contributed by atoms with Gasteiger partial charge in [-0.15, -0.1) is 0 Å². The van der Waals surface area contributed by atoms with Gasteiger partial charge < -0.3 is 174 Å².